The minimum atomic E-state index is -0.0538. The van der Waals surface area contributed by atoms with Crippen LogP contribution in [0.2, 0.25) is 0 Å². The zero-order valence-electron chi connectivity index (χ0n) is 29.3. The van der Waals surface area contributed by atoms with Gasteiger partial charge in [0.05, 0.1) is 11.4 Å². The molecule has 2 N–H and O–H groups in total. The number of aromatic nitrogens is 2. The molecule has 7 aliphatic carbocycles. The number of hydrogen-bond donors (Lipinski definition) is 1. The lowest BCUT2D eigenvalue weighted by molar-refractivity contribution is 0.204. The maximum Gasteiger partial charge on any atom is 0.160 e. The molecule has 8 atom stereocenters. The predicted molar refractivity (Wildman–Crippen MR) is 212 cm³/mol. The van der Waals surface area contributed by atoms with Crippen molar-refractivity contribution in [3.63, 3.8) is 0 Å². The summed E-state index contributed by atoms with van der Waals surface area (Å²) < 4.78 is 0. The number of hydrogen-bond acceptors (Lipinski definition) is 4. The normalized spacial score (nSPS) is 34.6. The first-order valence-corrected chi connectivity index (χ1v) is 20.4. The molecule has 1 fully saturated rings. The number of benzene rings is 1. The Hall–Kier alpha value is -3.99. The lowest BCUT2D eigenvalue weighted by Gasteiger charge is -2.54. The Bertz CT molecular complexity index is 2070. The van der Waals surface area contributed by atoms with Crippen LogP contribution < -0.4 is 5.73 Å². The van der Waals surface area contributed by atoms with Crippen LogP contribution >= 0.6 is 11.8 Å². The third-order valence-electron chi connectivity index (χ3n) is 13.0. The van der Waals surface area contributed by atoms with E-state index in [0.29, 0.717) is 34.8 Å². The van der Waals surface area contributed by atoms with Crippen LogP contribution in [-0.4, -0.2) is 21.3 Å². The van der Waals surface area contributed by atoms with Gasteiger partial charge in [0.25, 0.3) is 0 Å². The number of nitrogens with zero attached hydrogens (tertiary/aromatic N) is 2. The van der Waals surface area contributed by atoms with E-state index in [-0.39, 0.29) is 11.5 Å². The minimum absolute atomic E-state index is 0.0538. The lowest BCUT2D eigenvalue weighted by Crippen LogP contribution is -2.48. The third-order valence-corrected chi connectivity index (χ3v) is 14.4. The Morgan fingerprint density at radius 2 is 1.73 bits per heavy atom. The molecule has 0 bridgehead atoms. The summed E-state index contributed by atoms with van der Waals surface area (Å²) in [5.41, 5.74) is 17.7. The van der Waals surface area contributed by atoms with Crippen molar-refractivity contribution in [1.29, 1.82) is 0 Å². The van der Waals surface area contributed by atoms with Crippen molar-refractivity contribution in [3.8, 4) is 11.4 Å². The van der Waals surface area contributed by atoms with Crippen LogP contribution in [0.25, 0.3) is 17.0 Å². The fourth-order valence-corrected chi connectivity index (χ4v) is 12.2. The van der Waals surface area contributed by atoms with Crippen molar-refractivity contribution in [2.24, 2.45) is 34.8 Å². The summed E-state index contributed by atoms with van der Waals surface area (Å²) in [6.07, 6.45) is 44.6. The maximum absolute atomic E-state index is 6.76. The smallest absolute Gasteiger partial charge is 0.160 e. The molecule has 1 aromatic heterocycles. The van der Waals surface area contributed by atoms with E-state index < -0.39 is 0 Å². The molecule has 4 heteroatoms. The van der Waals surface area contributed by atoms with Gasteiger partial charge in [0.1, 0.15) is 0 Å². The zero-order valence-corrected chi connectivity index (χ0v) is 30.1. The number of rotatable bonds is 4. The van der Waals surface area contributed by atoms with E-state index in [1.54, 1.807) is 16.7 Å². The quantitative estimate of drug-likeness (QED) is 0.326. The summed E-state index contributed by atoms with van der Waals surface area (Å²) in [6.45, 7) is 0. The Morgan fingerprint density at radius 3 is 2.59 bits per heavy atom. The topological polar surface area (TPSA) is 51.8 Å². The van der Waals surface area contributed by atoms with Gasteiger partial charge in [-0.05, 0) is 92.4 Å². The monoisotopic (exact) mass is 685 g/mol. The second-order valence-electron chi connectivity index (χ2n) is 15.8. The number of fused-ring (bicyclic) bond motifs is 8. The Kier molecular flexibility index (Phi) is 8.02. The van der Waals surface area contributed by atoms with E-state index in [2.05, 4.69) is 133 Å². The SMILES string of the molecule is NC1C=C2C(=CC1)SC1C=CC=CC1C21C2=C(CCC=C2)C2CCC(C3C=CC(c4cc(C5C=CCCC5)nc(-c5ccccc5)n4)=CC3)=CC21. The molecule has 8 unspecified atom stereocenters. The van der Waals surface area contributed by atoms with E-state index in [0.717, 1.165) is 42.0 Å². The number of nitrogens with two attached hydrogens (primary N) is 1. The van der Waals surface area contributed by atoms with Crippen LogP contribution in [-0.2, 0) is 0 Å². The number of thioether (sulfide) groups is 1. The molecule has 10 rings (SSSR count). The van der Waals surface area contributed by atoms with Crippen molar-refractivity contribution >= 4 is 17.3 Å². The summed E-state index contributed by atoms with van der Waals surface area (Å²) in [7, 11) is 0. The Balaban J connectivity index is 1.01. The Labute approximate surface area is 307 Å². The van der Waals surface area contributed by atoms with E-state index >= 15 is 0 Å². The molecule has 3 nitrogen and oxygen atoms in total. The van der Waals surface area contributed by atoms with Gasteiger partial charge in [-0.3, -0.25) is 0 Å². The molecule has 2 heterocycles. The minimum Gasteiger partial charge on any atom is -0.324 e. The predicted octanol–water partition coefficient (Wildman–Crippen LogP) is 10.9. The molecule has 256 valence electrons. The van der Waals surface area contributed by atoms with Crippen LogP contribution in [0.4, 0.5) is 0 Å². The van der Waals surface area contributed by atoms with E-state index in [1.807, 2.05) is 0 Å². The van der Waals surface area contributed by atoms with Crippen LogP contribution in [0.1, 0.15) is 75.1 Å². The molecule has 1 saturated heterocycles. The molecule has 51 heavy (non-hydrogen) atoms. The second-order valence-corrected chi connectivity index (χ2v) is 17.0. The zero-order chi connectivity index (χ0) is 33.9. The van der Waals surface area contributed by atoms with Gasteiger partial charge in [-0.25, -0.2) is 9.97 Å². The molecule has 1 aliphatic heterocycles. The molecular weight excluding hydrogens is 639 g/mol. The molecule has 1 spiro atoms. The van der Waals surface area contributed by atoms with Gasteiger partial charge in [-0.1, -0.05) is 127 Å². The first kappa shape index (κ1) is 31.7. The van der Waals surface area contributed by atoms with Crippen molar-refractivity contribution in [1.82, 2.24) is 9.97 Å². The summed E-state index contributed by atoms with van der Waals surface area (Å²) >= 11 is 2.08. The lowest BCUT2D eigenvalue weighted by atomic mass is 9.55. The molecular formula is C47H47N3S. The van der Waals surface area contributed by atoms with Crippen LogP contribution in [0.15, 0.2) is 149 Å². The van der Waals surface area contributed by atoms with Gasteiger partial charge < -0.3 is 5.73 Å². The summed E-state index contributed by atoms with van der Waals surface area (Å²) in [5.74, 6) is 3.10. The van der Waals surface area contributed by atoms with Gasteiger partial charge in [-0.2, -0.15) is 0 Å². The van der Waals surface area contributed by atoms with Crippen molar-refractivity contribution in [3.05, 3.63) is 160 Å². The van der Waals surface area contributed by atoms with Crippen LogP contribution in [0.3, 0.4) is 0 Å². The summed E-state index contributed by atoms with van der Waals surface area (Å²) in [5, 5.41) is 0.456. The second kappa shape index (κ2) is 12.9. The molecule has 0 saturated carbocycles. The highest BCUT2D eigenvalue weighted by molar-refractivity contribution is 8.04. The first-order valence-electron chi connectivity index (χ1n) is 19.5. The van der Waals surface area contributed by atoms with Gasteiger partial charge >= 0.3 is 0 Å². The molecule has 0 radical (unpaired) electrons. The van der Waals surface area contributed by atoms with Gasteiger partial charge in [0.2, 0.25) is 0 Å². The molecule has 0 amide bonds. The van der Waals surface area contributed by atoms with Gasteiger partial charge in [-0.15, -0.1) is 11.8 Å². The van der Waals surface area contributed by atoms with E-state index in [4.69, 9.17) is 15.7 Å². The van der Waals surface area contributed by atoms with Crippen molar-refractivity contribution < 1.29 is 0 Å². The highest BCUT2D eigenvalue weighted by Crippen LogP contribution is 2.71. The van der Waals surface area contributed by atoms with E-state index in [9.17, 15) is 0 Å². The largest absolute Gasteiger partial charge is 0.324 e. The molecule has 8 aliphatic rings. The number of allylic oxidation sites excluding steroid dienone is 16. The van der Waals surface area contributed by atoms with Crippen LogP contribution in [0.5, 0.6) is 0 Å². The van der Waals surface area contributed by atoms with E-state index in [1.165, 1.54) is 54.6 Å². The fraction of sp³-hybridized carbons (Fsp3) is 0.362. The average molecular weight is 686 g/mol. The molecule has 2 aromatic rings. The summed E-state index contributed by atoms with van der Waals surface area (Å²) in [4.78, 5) is 11.8. The Morgan fingerprint density at radius 1 is 0.804 bits per heavy atom. The van der Waals surface area contributed by atoms with Gasteiger partial charge in [0.15, 0.2) is 5.82 Å². The standard InChI is InChI=1S/C47H47N3S/c48-35-24-26-45-41(28-35)47(39-17-9-10-18-44(39)51-45)38-16-8-7-15-36(38)37-25-23-34(27-40(37)47)30-19-21-32(22-20-30)43-29-42(31-11-3-1-4-12-31)49-46(50-43)33-13-5-2-6-14-33/h2-3,5-6,8-11,13-14,16-19,21-22,26-31,35,37,39-40,44H,1,4,7,12,15,20,23-25,48H2. The van der Waals surface area contributed by atoms with Crippen LogP contribution in [0, 0.1) is 29.1 Å². The highest BCUT2D eigenvalue weighted by Gasteiger charge is 2.62. The highest BCUT2D eigenvalue weighted by atomic mass is 32.2. The maximum atomic E-state index is 6.76. The molecule has 1 aromatic carbocycles. The first-order chi connectivity index (χ1) is 25.2. The third kappa shape index (κ3) is 5.27. The van der Waals surface area contributed by atoms with Crippen molar-refractivity contribution in [2.45, 2.75) is 75.0 Å². The fourth-order valence-electron chi connectivity index (χ4n) is 10.7. The van der Waals surface area contributed by atoms with Crippen molar-refractivity contribution in [2.75, 3.05) is 0 Å². The summed E-state index contributed by atoms with van der Waals surface area (Å²) in [6, 6.07) is 12.8. The van der Waals surface area contributed by atoms with Gasteiger partial charge in [0, 0.05) is 44.9 Å². The average Bonchev–Trinajstić information content (AvgIpc) is 3.49.